The molecule has 0 atom stereocenters. The summed E-state index contributed by atoms with van der Waals surface area (Å²) >= 11 is 0. The normalized spacial score (nSPS) is 12.0. The molecule has 0 saturated carbocycles. The van der Waals surface area contributed by atoms with Gasteiger partial charge in [0.15, 0.2) is 5.78 Å². The average Bonchev–Trinajstić information content (AvgIpc) is 3.48. The Hall–Kier alpha value is -4.05. The van der Waals surface area contributed by atoms with Gasteiger partial charge in [-0.1, -0.05) is 114 Å². The topological polar surface area (TPSA) is 63.3 Å². The zero-order chi connectivity index (χ0) is 35.1. The van der Waals surface area contributed by atoms with E-state index in [0.29, 0.717) is 0 Å². The molecular weight excluding hydrogens is 795 g/mol. The van der Waals surface area contributed by atoms with Gasteiger partial charge in [-0.15, -0.1) is 29.8 Å². The largest absolute Gasteiger partial charge is 0.512 e. The molecule has 6 rings (SSSR count). The summed E-state index contributed by atoms with van der Waals surface area (Å²) in [5, 5.41) is 14.5. The van der Waals surface area contributed by atoms with Crippen LogP contribution in [0.1, 0.15) is 79.7 Å². The Labute approximate surface area is 311 Å². The van der Waals surface area contributed by atoms with Crippen LogP contribution < -0.4 is 0 Å². The quantitative estimate of drug-likeness (QED) is 0.0847. The number of aliphatic hydroxyl groups is 1. The van der Waals surface area contributed by atoms with Gasteiger partial charge in [-0.2, -0.15) is 0 Å². The summed E-state index contributed by atoms with van der Waals surface area (Å²) in [5.74, 6) is 0.547. The average molecular weight is 845 g/mol. The van der Waals surface area contributed by atoms with Gasteiger partial charge in [0.25, 0.3) is 0 Å². The number of aromatic nitrogens is 1. The van der Waals surface area contributed by atoms with E-state index in [1.165, 1.54) is 33.4 Å². The van der Waals surface area contributed by atoms with Crippen molar-refractivity contribution in [3.63, 3.8) is 0 Å². The Morgan fingerprint density at radius 2 is 1.52 bits per heavy atom. The third kappa shape index (κ3) is 8.99. The van der Waals surface area contributed by atoms with Crippen molar-refractivity contribution in [3.8, 4) is 22.4 Å². The predicted molar refractivity (Wildman–Crippen MR) is 206 cm³/mol. The summed E-state index contributed by atoms with van der Waals surface area (Å²) in [5.41, 5.74) is 7.73. The number of carbonyl (C=O) groups excluding carboxylic acids is 1. The molecule has 263 valence electrons. The van der Waals surface area contributed by atoms with E-state index in [-0.39, 0.29) is 48.9 Å². The van der Waals surface area contributed by atoms with Crippen molar-refractivity contribution in [1.82, 2.24) is 4.98 Å². The van der Waals surface area contributed by atoms with Crippen LogP contribution in [0.2, 0.25) is 0 Å². The zero-order valence-corrected chi connectivity index (χ0v) is 32.9. The molecule has 2 aromatic heterocycles. The van der Waals surface area contributed by atoms with E-state index in [0.717, 1.165) is 65.5 Å². The van der Waals surface area contributed by atoms with E-state index >= 15 is 0 Å². The molecule has 0 aliphatic heterocycles. The molecule has 2 heterocycles. The van der Waals surface area contributed by atoms with Gasteiger partial charge >= 0.3 is 0 Å². The molecule has 1 radical (unpaired) electrons. The molecule has 0 aliphatic rings. The number of pyridine rings is 1. The third-order valence-corrected chi connectivity index (χ3v) is 9.44. The van der Waals surface area contributed by atoms with E-state index in [1.54, 1.807) is 0 Å². The summed E-state index contributed by atoms with van der Waals surface area (Å²) in [4.78, 5) is 16.3. The van der Waals surface area contributed by atoms with Crippen LogP contribution in [0.3, 0.4) is 0 Å². The molecular formula is C45H50IrNO3-. The van der Waals surface area contributed by atoms with Crippen LogP contribution in [0.25, 0.3) is 55.1 Å². The molecule has 5 heteroatoms. The summed E-state index contributed by atoms with van der Waals surface area (Å²) < 4.78 is 6.10. The Kier molecular flexibility index (Phi) is 13.4. The molecule has 0 aliphatic carbocycles. The van der Waals surface area contributed by atoms with Crippen molar-refractivity contribution in [3.05, 3.63) is 115 Å². The fourth-order valence-corrected chi connectivity index (χ4v) is 6.71. The number of nitrogens with zero attached hydrogens (tertiary/aromatic N) is 1. The number of para-hydroxylation sites is 1. The number of aliphatic hydroxyl groups excluding tert-OH is 1. The van der Waals surface area contributed by atoms with Crippen LogP contribution in [-0.4, -0.2) is 15.9 Å². The molecule has 0 saturated heterocycles. The molecule has 4 nitrogen and oxygen atoms in total. The van der Waals surface area contributed by atoms with E-state index < -0.39 is 0 Å². The molecule has 0 bridgehead atoms. The summed E-state index contributed by atoms with van der Waals surface area (Å²) in [7, 11) is 0. The number of fused-ring (bicyclic) bond motifs is 5. The zero-order valence-electron chi connectivity index (χ0n) is 30.5. The smallest absolute Gasteiger partial charge is 0.162 e. The van der Waals surface area contributed by atoms with Crippen LogP contribution >= 0.6 is 0 Å². The van der Waals surface area contributed by atoms with Crippen LogP contribution in [0.15, 0.2) is 107 Å². The Morgan fingerprint density at radius 1 is 0.820 bits per heavy atom. The van der Waals surface area contributed by atoms with E-state index in [1.807, 2.05) is 46.0 Å². The second-order valence-electron chi connectivity index (χ2n) is 14.2. The molecule has 50 heavy (non-hydrogen) atoms. The van der Waals surface area contributed by atoms with E-state index in [4.69, 9.17) is 4.42 Å². The Balaban J connectivity index is 0.000000301. The fraction of sp³-hybridized carbons (Fsp3) is 0.333. The first kappa shape index (κ1) is 38.7. The molecule has 0 unspecified atom stereocenters. The number of carbonyl (C=O) groups is 1. The van der Waals surface area contributed by atoms with Crippen molar-refractivity contribution >= 4 is 38.5 Å². The maximum absolute atomic E-state index is 11.7. The summed E-state index contributed by atoms with van der Waals surface area (Å²) in [6.45, 7) is 14.9. The van der Waals surface area contributed by atoms with Crippen LogP contribution in [0, 0.1) is 23.3 Å². The SMILES string of the molecule is CC(C)(C)Cc1ccnc(-c2[c-]cc(-c3cccc4c3ccc3oc5ccccc5c34)cc2)c1.CCC(CC)C(=O)/C=C(\O)C(CC)CC.[Ir]. The number of allylic oxidation sites excluding steroid dienone is 2. The number of rotatable bonds is 10. The molecule has 0 fully saturated rings. The van der Waals surface area contributed by atoms with Crippen molar-refractivity contribution in [2.24, 2.45) is 17.3 Å². The van der Waals surface area contributed by atoms with Crippen LogP contribution in [0.5, 0.6) is 0 Å². The molecule has 1 N–H and O–H groups in total. The number of furan rings is 1. The van der Waals surface area contributed by atoms with Crippen molar-refractivity contribution in [1.29, 1.82) is 0 Å². The Morgan fingerprint density at radius 3 is 2.18 bits per heavy atom. The van der Waals surface area contributed by atoms with Gasteiger partial charge in [-0.25, -0.2) is 0 Å². The van der Waals surface area contributed by atoms with Crippen molar-refractivity contribution in [2.45, 2.75) is 80.6 Å². The number of hydrogen-bond acceptors (Lipinski definition) is 4. The van der Waals surface area contributed by atoms with Gasteiger partial charge in [-0.3, -0.25) is 4.79 Å². The minimum atomic E-state index is 0. The minimum absolute atomic E-state index is 0. The Bertz CT molecular complexity index is 2060. The molecule has 6 aromatic rings. The van der Waals surface area contributed by atoms with Gasteiger partial charge in [-0.05, 0) is 72.2 Å². The molecule has 0 spiro atoms. The van der Waals surface area contributed by atoms with E-state index in [9.17, 15) is 9.90 Å². The van der Waals surface area contributed by atoms with Crippen molar-refractivity contribution in [2.75, 3.05) is 0 Å². The maximum atomic E-state index is 11.7. The number of ketones is 1. The first-order valence-corrected chi connectivity index (χ1v) is 17.8. The molecule has 4 aromatic carbocycles. The number of benzene rings is 4. The van der Waals surface area contributed by atoms with Crippen LogP contribution in [-0.2, 0) is 31.3 Å². The van der Waals surface area contributed by atoms with Gasteiger partial charge in [0.05, 0.1) is 5.76 Å². The minimum Gasteiger partial charge on any atom is -0.512 e. The van der Waals surface area contributed by atoms with Gasteiger partial charge < -0.3 is 14.5 Å². The van der Waals surface area contributed by atoms with Gasteiger partial charge in [0.2, 0.25) is 0 Å². The standard InChI is InChI=1S/C32H26NO.C13H24O2.Ir/c1-32(2,3)20-21-17-18-33-28(19-21)23-13-11-22(12-14-23)24-8-6-9-26-25(24)15-16-30-31(26)27-7-4-5-10-29(27)34-30;1-5-10(6-2)12(14)9-13(15)11(7-3)8-4;/h4-13,15-19H,20H2,1-3H3;9-11,14H,5-8H2,1-4H3;/q-1;;/b;12-9-;. The van der Waals surface area contributed by atoms with Crippen molar-refractivity contribution < 1.29 is 34.4 Å². The van der Waals surface area contributed by atoms with Gasteiger partial charge in [0, 0.05) is 55.0 Å². The first-order valence-electron chi connectivity index (χ1n) is 17.8. The summed E-state index contributed by atoms with van der Waals surface area (Å²) in [6, 6.07) is 33.2. The van der Waals surface area contributed by atoms with E-state index in [2.05, 4.69) is 105 Å². The fourth-order valence-electron chi connectivity index (χ4n) is 6.71. The molecule has 0 amide bonds. The third-order valence-electron chi connectivity index (χ3n) is 9.44. The monoisotopic (exact) mass is 845 g/mol. The summed E-state index contributed by atoms with van der Waals surface area (Å²) in [6.07, 6.45) is 7.83. The predicted octanol–water partition coefficient (Wildman–Crippen LogP) is 12.7. The van der Waals surface area contributed by atoms with Gasteiger partial charge in [0.1, 0.15) is 11.2 Å². The maximum Gasteiger partial charge on any atom is 0.162 e. The first-order chi connectivity index (χ1) is 23.6. The number of hydrogen-bond donors (Lipinski definition) is 1. The van der Waals surface area contributed by atoms with Crippen LogP contribution in [0.4, 0.5) is 0 Å². The second kappa shape index (κ2) is 17.2. The second-order valence-corrected chi connectivity index (χ2v) is 14.2.